The zero-order chi connectivity index (χ0) is 33.6. The lowest BCUT2D eigenvalue weighted by molar-refractivity contribution is 0.479. The fraction of sp³-hybridized carbons (Fsp3) is 0.189. The molecule has 0 saturated heterocycles. The molecule has 0 heterocycles. The highest BCUT2D eigenvalue weighted by atomic mass is 32.2. The lowest BCUT2D eigenvalue weighted by atomic mass is 9.82. The average molecular weight is 671 g/mol. The molecule has 47 heavy (non-hydrogen) atoms. The fourth-order valence-corrected chi connectivity index (χ4v) is 7.56. The summed E-state index contributed by atoms with van der Waals surface area (Å²) < 4.78 is 68.8. The van der Waals surface area contributed by atoms with E-state index in [9.17, 15) is 25.9 Å². The summed E-state index contributed by atoms with van der Waals surface area (Å²) in [7, 11) is -8.85. The molecule has 5 aromatic rings. The number of anilines is 2. The molecule has 0 saturated carbocycles. The Bertz CT molecular complexity index is 1920. The highest BCUT2D eigenvalue weighted by molar-refractivity contribution is 7.86. The molecule has 244 valence electrons. The molecular formula is C37H38N2O6S2. The largest absolute Gasteiger partial charge is 0.367 e. The van der Waals surface area contributed by atoms with E-state index >= 15 is 0 Å². The van der Waals surface area contributed by atoms with Crippen molar-refractivity contribution in [1.29, 1.82) is 0 Å². The van der Waals surface area contributed by atoms with Gasteiger partial charge in [0.1, 0.15) is 0 Å². The predicted octanol–water partition coefficient (Wildman–Crippen LogP) is 7.41. The van der Waals surface area contributed by atoms with Crippen molar-refractivity contribution in [3.05, 3.63) is 155 Å². The van der Waals surface area contributed by atoms with Gasteiger partial charge >= 0.3 is 0 Å². The summed E-state index contributed by atoms with van der Waals surface area (Å²) in [5, 5.41) is 0. The highest BCUT2D eigenvalue weighted by Crippen LogP contribution is 2.42. The fourth-order valence-electron chi connectivity index (χ4n) is 6.13. The molecule has 0 amide bonds. The number of para-hydroxylation sites is 2. The summed E-state index contributed by atoms with van der Waals surface area (Å²) in [6.07, 6.45) is 0. The number of rotatable bonds is 13. The normalized spacial score (nSPS) is 11.9. The minimum Gasteiger partial charge on any atom is -0.367 e. The minimum absolute atomic E-state index is 0.121. The SMILES string of the molecule is CCN(Cc1ccccc1S(=O)(=O)O)c1ccccc1C(c1ccccc1)c1ccccc1N(CC)Cc1ccccc1S(=O)(=O)O. The van der Waals surface area contributed by atoms with Crippen molar-refractivity contribution in [2.75, 3.05) is 22.9 Å². The van der Waals surface area contributed by atoms with Crippen molar-refractivity contribution in [2.45, 2.75) is 42.6 Å². The third-order valence-corrected chi connectivity index (χ3v) is 10.2. The van der Waals surface area contributed by atoms with E-state index in [1.807, 2.05) is 68.4 Å². The smallest absolute Gasteiger partial charge is 0.294 e. The van der Waals surface area contributed by atoms with Crippen LogP contribution in [0.1, 0.15) is 47.6 Å². The van der Waals surface area contributed by atoms with E-state index in [2.05, 4.69) is 34.1 Å². The Balaban J connectivity index is 1.65. The summed E-state index contributed by atoms with van der Waals surface area (Å²) in [5.41, 5.74) is 5.80. The topological polar surface area (TPSA) is 115 Å². The standard InChI is InChI=1S/C37H38N2O6S2/c1-3-38(26-29-18-8-14-24-35(29)46(40,41)42)33-22-12-10-20-31(33)37(28-16-6-5-7-17-28)32-21-11-13-23-34(32)39(4-2)27-30-19-9-15-25-36(30)47(43,44)45/h5-25,37H,3-4,26-27H2,1-2H3,(H,40,41,42)(H,43,44,45). The quantitative estimate of drug-likeness (QED) is 0.0983. The van der Waals surface area contributed by atoms with E-state index in [1.54, 1.807) is 36.4 Å². The van der Waals surface area contributed by atoms with Crippen LogP contribution >= 0.6 is 0 Å². The van der Waals surface area contributed by atoms with Gasteiger partial charge in [0.2, 0.25) is 0 Å². The van der Waals surface area contributed by atoms with Gasteiger partial charge in [0.05, 0.1) is 9.79 Å². The Morgan fingerprint density at radius 3 is 1.28 bits per heavy atom. The van der Waals surface area contributed by atoms with Crippen LogP contribution in [0.2, 0.25) is 0 Å². The van der Waals surface area contributed by atoms with Crippen LogP contribution in [0.4, 0.5) is 11.4 Å². The molecule has 0 aliphatic rings. The molecule has 0 aliphatic carbocycles. The van der Waals surface area contributed by atoms with Gasteiger partial charge in [-0.2, -0.15) is 16.8 Å². The molecule has 0 aromatic heterocycles. The highest BCUT2D eigenvalue weighted by Gasteiger charge is 2.27. The first-order valence-electron chi connectivity index (χ1n) is 15.4. The van der Waals surface area contributed by atoms with Gasteiger partial charge in [0, 0.05) is 43.5 Å². The van der Waals surface area contributed by atoms with E-state index in [-0.39, 0.29) is 28.8 Å². The third kappa shape index (κ3) is 7.74. The second kappa shape index (κ2) is 14.5. The van der Waals surface area contributed by atoms with Gasteiger partial charge in [-0.25, -0.2) is 0 Å². The first-order valence-corrected chi connectivity index (χ1v) is 18.2. The monoisotopic (exact) mass is 670 g/mol. The molecule has 5 rings (SSSR count). The van der Waals surface area contributed by atoms with Crippen LogP contribution in [0, 0.1) is 0 Å². The molecule has 0 radical (unpaired) electrons. The summed E-state index contributed by atoms with van der Waals surface area (Å²) in [6.45, 7) is 5.63. The van der Waals surface area contributed by atoms with E-state index in [4.69, 9.17) is 0 Å². The Kier molecular flexibility index (Phi) is 10.5. The first kappa shape index (κ1) is 33.9. The first-order chi connectivity index (χ1) is 22.5. The van der Waals surface area contributed by atoms with Gasteiger partial charge in [-0.1, -0.05) is 103 Å². The lowest BCUT2D eigenvalue weighted by Crippen LogP contribution is -2.27. The van der Waals surface area contributed by atoms with E-state index < -0.39 is 20.2 Å². The van der Waals surface area contributed by atoms with Gasteiger partial charge in [-0.15, -0.1) is 0 Å². The molecule has 0 bridgehead atoms. The van der Waals surface area contributed by atoms with Crippen molar-refractivity contribution in [3.63, 3.8) is 0 Å². The molecular weight excluding hydrogens is 633 g/mol. The number of hydrogen-bond acceptors (Lipinski definition) is 6. The van der Waals surface area contributed by atoms with Gasteiger partial charge < -0.3 is 9.80 Å². The third-order valence-electron chi connectivity index (χ3n) is 8.30. The molecule has 8 nitrogen and oxygen atoms in total. The second-order valence-corrected chi connectivity index (χ2v) is 13.9. The molecule has 5 aromatic carbocycles. The predicted molar refractivity (Wildman–Crippen MR) is 186 cm³/mol. The Hall–Kier alpha value is -4.48. The van der Waals surface area contributed by atoms with Crippen LogP contribution in [-0.2, 0) is 33.3 Å². The Morgan fingerprint density at radius 2 is 0.872 bits per heavy atom. The Morgan fingerprint density at radius 1 is 0.511 bits per heavy atom. The molecule has 10 heteroatoms. The van der Waals surface area contributed by atoms with E-state index in [1.165, 1.54) is 12.1 Å². The molecule has 0 unspecified atom stereocenters. The van der Waals surface area contributed by atoms with Crippen LogP contribution in [0.3, 0.4) is 0 Å². The average Bonchev–Trinajstić information content (AvgIpc) is 3.07. The minimum atomic E-state index is -4.42. The van der Waals surface area contributed by atoms with Crippen molar-refractivity contribution in [3.8, 4) is 0 Å². The van der Waals surface area contributed by atoms with Crippen molar-refractivity contribution in [2.24, 2.45) is 0 Å². The Labute approximate surface area is 277 Å². The maximum absolute atomic E-state index is 12.2. The van der Waals surface area contributed by atoms with Crippen molar-refractivity contribution >= 4 is 31.6 Å². The van der Waals surface area contributed by atoms with E-state index in [0.29, 0.717) is 24.2 Å². The summed E-state index contributed by atoms with van der Waals surface area (Å²) in [4.78, 5) is 3.95. The molecule has 0 spiro atoms. The molecule has 2 N–H and O–H groups in total. The van der Waals surface area contributed by atoms with Crippen LogP contribution in [0.25, 0.3) is 0 Å². The van der Waals surface area contributed by atoms with Crippen LogP contribution in [-0.4, -0.2) is 39.0 Å². The summed E-state index contributed by atoms with van der Waals surface area (Å²) in [5.74, 6) is -0.264. The molecule has 0 aliphatic heterocycles. The van der Waals surface area contributed by atoms with Gasteiger partial charge in [0.25, 0.3) is 20.2 Å². The maximum atomic E-state index is 12.2. The zero-order valence-corrected chi connectivity index (χ0v) is 27.9. The van der Waals surface area contributed by atoms with Crippen LogP contribution in [0.5, 0.6) is 0 Å². The van der Waals surface area contributed by atoms with Crippen LogP contribution in [0.15, 0.2) is 137 Å². The number of nitrogens with zero attached hydrogens (tertiary/aromatic N) is 2. The summed E-state index contributed by atoms with van der Waals surface area (Å²) >= 11 is 0. The number of hydrogen-bond donors (Lipinski definition) is 2. The second-order valence-electron chi connectivity index (χ2n) is 11.2. The van der Waals surface area contributed by atoms with Crippen molar-refractivity contribution in [1.82, 2.24) is 0 Å². The lowest BCUT2D eigenvalue weighted by Gasteiger charge is -2.33. The van der Waals surface area contributed by atoms with Gasteiger partial charge in [-0.3, -0.25) is 9.11 Å². The van der Waals surface area contributed by atoms with Gasteiger partial charge in [-0.05, 0) is 65.9 Å². The molecule has 0 fully saturated rings. The zero-order valence-electron chi connectivity index (χ0n) is 26.3. The molecule has 0 atom stereocenters. The number of benzene rings is 5. The van der Waals surface area contributed by atoms with E-state index in [0.717, 1.165) is 28.1 Å². The van der Waals surface area contributed by atoms with Gasteiger partial charge in [0.15, 0.2) is 0 Å². The van der Waals surface area contributed by atoms with Crippen molar-refractivity contribution < 1.29 is 25.9 Å². The maximum Gasteiger partial charge on any atom is 0.294 e. The van der Waals surface area contributed by atoms with Crippen LogP contribution < -0.4 is 9.80 Å². The summed E-state index contributed by atoms with van der Waals surface area (Å²) in [6, 6.07) is 39.1.